The third-order valence-electron chi connectivity index (χ3n) is 5.04. The van der Waals surface area contributed by atoms with Crippen LogP contribution < -0.4 is 5.32 Å². The lowest BCUT2D eigenvalue weighted by Gasteiger charge is -2.37. The van der Waals surface area contributed by atoms with Gasteiger partial charge in [-0.1, -0.05) is 17.7 Å². The molecule has 0 aliphatic carbocycles. The Morgan fingerprint density at radius 2 is 2.04 bits per heavy atom. The first kappa shape index (κ1) is 20.2. The van der Waals surface area contributed by atoms with E-state index in [2.05, 4.69) is 20.1 Å². The molecule has 1 fully saturated rings. The Morgan fingerprint density at radius 3 is 2.63 bits per heavy atom. The van der Waals surface area contributed by atoms with Crippen molar-refractivity contribution >= 4 is 34.0 Å². The van der Waals surface area contributed by atoms with E-state index in [-0.39, 0.29) is 17.8 Å². The number of anilines is 1. The average molecular weight is 411 g/mol. The van der Waals surface area contributed by atoms with Gasteiger partial charge in [0, 0.05) is 48.2 Å². The molecule has 1 aliphatic heterocycles. The van der Waals surface area contributed by atoms with Gasteiger partial charge in [0.25, 0.3) is 0 Å². The molecule has 2 aromatic rings. The Kier molecular flexibility index (Phi) is 6.47. The van der Waals surface area contributed by atoms with Crippen molar-refractivity contribution in [1.29, 1.82) is 0 Å². The summed E-state index contributed by atoms with van der Waals surface area (Å²) in [7, 11) is 0. The molecule has 0 bridgehead atoms. The molecule has 1 aromatic carbocycles. The molecule has 2 heterocycles. The van der Waals surface area contributed by atoms with Gasteiger partial charge in [-0.3, -0.25) is 14.6 Å². The van der Waals surface area contributed by atoms with Gasteiger partial charge in [-0.15, -0.1) is 11.3 Å². The van der Waals surface area contributed by atoms with Crippen molar-refractivity contribution in [2.45, 2.75) is 33.4 Å². The highest BCUT2D eigenvalue weighted by Crippen LogP contribution is 2.23. The average Bonchev–Trinajstić information content (AvgIpc) is 2.95. The Balaban J connectivity index is 1.53. The van der Waals surface area contributed by atoms with Crippen molar-refractivity contribution in [1.82, 2.24) is 14.8 Å². The molecule has 1 aromatic heterocycles. The van der Waals surface area contributed by atoms with E-state index in [4.69, 9.17) is 11.6 Å². The lowest BCUT2D eigenvalue weighted by Crippen LogP contribution is -2.52. The highest BCUT2D eigenvalue weighted by atomic mass is 35.5. The summed E-state index contributed by atoms with van der Waals surface area (Å²) in [5.41, 5.74) is 1.48. The fourth-order valence-electron chi connectivity index (χ4n) is 3.12. The minimum Gasteiger partial charge on any atom is -0.301 e. The van der Waals surface area contributed by atoms with Gasteiger partial charge in [0.1, 0.15) is 5.82 Å². The summed E-state index contributed by atoms with van der Waals surface area (Å²) in [5.74, 6) is -0.318. The SMILES string of the molecule is Cc1nc(NC(=O)C(C)N2CCN(Cc3c(F)cccc3Cl)CC2)sc1C. The number of aromatic nitrogens is 1. The number of carbonyl (C=O) groups excluding carboxylic acids is 1. The van der Waals surface area contributed by atoms with E-state index in [1.807, 2.05) is 20.8 Å². The van der Waals surface area contributed by atoms with Crippen LogP contribution in [0.5, 0.6) is 0 Å². The molecule has 3 rings (SSSR count). The van der Waals surface area contributed by atoms with Gasteiger partial charge in [0.2, 0.25) is 5.91 Å². The minimum atomic E-state index is -0.272. The van der Waals surface area contributed by atoms with Crippen molar-refractivity contribution in [2.75, 3.05) is 31.5 Å². The fourth-order valence-corrected chi connectivity index (χ4v) is 4.16. The first-order chi connectivity index (χ1) is 12.8. The lowest BCUT2D eigenvalue weighted by molar-refractivity contribution is -0.121. The first-order valence-electron chi connectivity index (χ1n) is 8.99. The van der Waals surface area contributed by atoms with Crippen molar-refractivity contribution < 1.29 is 9.18 Å². The standard InChI is InChI=1S/C19H24ClFN4OS/c1-12-14(3)27-19(22-12)23-18(26)13(2)25-9-7-24(8-10-25)11-15-16(20)5-4-6-17(15)21/h4-6,13H,7-11H2,1-3H3,(H,22,23,26). The summed E-state index contributed by atoms with van der Waals surface area (Å²) < 4.78 is 14.0. The highest BCUT2D eigenvalue weighted by molar-refractivity contribution is 7.15. The van der Waals surface area contributed by atoms with E-state index in [0.29, 0.717) is 22.3 Å². The van der Waals surface area contributed by atoms with E-state index >= 15 is 0 Å². The molecule has 1 saturated heterocycles. The quantitative estimate of drug-likeness (QED) is 0.816. The number of nitrogens with zero attached hydrogens (tertiary/aromatic N) is 3. The van der Waals surface area contributed by atoms with Crippen LogP contribution in [0.15, 0.2) is 18.2 Å². The van der Waals surface area contributed by atoms with Crippen LogP contribution in [-0.2, 0) is 11.3 Å². The molecular formula is C19H24ClFN4OS. The molecule has 1 unspecified atom stereocenters. The Labute approximate surface area is 168 Å². The lowest BCUT2D eigenvalue weighted by atomic mass is 10.1. The normalized spacial score (nSPS) is 17.1. The largest absolute Gasteiger partial charge is 0.301 e. The fraction of sp³-hybridized carbons (Fsp3) is 0.474. The number of piperazine rings is 1. The van der Waals surface area contributed by atoms with Gasteiger partial charge in [0.05, 0.1) is 11.7 Å². The van der Waals surface area contributed by atoms with E-state index in [1.165, 1.54) is 17.4 Å². The predicted octanol–water partition coefficient (Wildman–Crippen LogP) is 3.70. The van der Waals surface area contributed by atoms with Crippen LogP contribution in [0, 0.1) is 19.7 Å². The van der Waals surface area contributed by atoms with E-state index in [9.17, 15) is 9.18 Å². The zero-order chi connectivity index (χ0) is 19.6. The highest BCUT2D eigenvalue weighted by Gasteiger charge is 2.26. The van der Waals surface area contributed by atoms with Crippen LogP contribution in [0.1, 0.15) is 23.1 Å². The van der Waals surface area contributed by atoms with Crippen LogP contribution >= 0.6 is 22.9 Å². The Hall–Kier alpha value is -1.54. The van der Waals surface area contributed by atoms with Gasteiger partial charge >= 0.3 is 0 Å². The Morgan fingerprint density at radius 1 is 1.33 bits per heavy atom. The van der Waals surface area contributed by atoms with Crippen LogP contribution in [0.4, 0.5) is 9.52 Å². The molecule has 0 spiro atoms. The van der Waals surface area contributed by atoms with Crippen LogP contribution in [0.3, 0.4) is 0 Å². The number of benzene rings is 1. The van der Waals surface area contributed by atoms with Gasteiger partial charge in [-0.25, -0.2) is 9.37 Å². The number of amides is 1. The van der Waals surface area contributed by atoms with Crippen LogP contribution in [0.2, 0.25) is 5.02 Å². The van der Waals surface area contributed by atoms with E-state index in [1.54, 1.807) is 12.1 Å². The van der Waals surface area contributed by atoms with E-state index in [0.717, 1.165) is 36.8 Å². The van der Waals surface area contributed by atoms with E-state index < -0.39 is 0 Å². The molecule has 1 atom stereocenters. The first-order valence-corrected chi connectivity index (χ1v) is 10.2. The summed E-state index contributed by atoms with van der Waals surface area (Å²) >= 11 is 7.62. The van der Waals surface area contributed by atoms with Crippen molar-refractivity contribution in [3.8, 4) is 0 Å². The Bertz CT molecular complexity index is 780. The number of hydrogen-bond acceptors (Lipinski definition) is 5. The molecule has 0 saturated carbocycles. The minimum absolute atomic E-state index is 0.0469. The number of rotatable bonds is 5. The second-order valence-electron chi connectivity index (χ2n) is 6.84. The monoisotopic (exact) mass is 410 g/mol. The summed E-state index contributed by atoms with van der Waals surface area (Å²) in [6.07, 6.45) is 0. The number of nitrogens with one attached hydrogen (secondary N) is 1. The molecule has 27 heavy (non-hydrogen) atoms. The zero-order valence-corrected chi connectivity index (χ0v) is 17.3. The van der Waals surface area contributed by atoms with Gasteiger partial charge in [-0.05, 0) is 32.9 Å². The molecule has 8 heteroatoms. The molecule has 1 aliphatic rings. The maximum Gasteiger partial charge on any atom is 0.243 e. The number of carbonyl (C=O) groups is 1. The van der Waals surface area contributed by atoms with Crippen molar-refractivity contribution in [2.24, 2.45) is 0 Å². The molecule has 0 radical (unpaired) electrons. The van der Waals surface area contributed by atoms with Gasteiger partial charge < -0.3 is 5.32 Å². The molecule has 1 amide bonds. The topological polar surface area (TPSA) is 48.5 Å². The third-order valence-corrected chi connectivity index (χ3v) is 6.38. The predicted molar refractivity (Wildman–Crippen MR) is 108 cm³/mol. The summed E-state index contributed by atoms with van der Waals surface area (Å²) in [4.78, 5) is 22.3. The molecule has 1 N–H and O–H groups in total. The molecule has 5 nitrogen and oxygen atoms in total. The number of aryl methyl sites for hydroxylation is 2. The van der Waals surface area contributed by atoms with Crippen molar-refractivity contribution in [3.63, 3.8) is 0 Å². The summed E-state index contributed by atoms with van der Waals surface area (Å²) in [5, 5.41) is 4.02. The molecular weight excluding hydrogens is 387 g/mol. The number of halogens is 2. The third kappa shape index (κ3) is 4.85. The summed E-state index contributed by atoms with van der Waals surface area (Å²) in [6.45, 7) is 9.34. The zero-order valence-electron chi connectivity index (χ0n) is 15.8. The maximum atomic E-state index is 14.0. The maximum absolute atomic E-state index is 14.0. The number of hydrogen-bond donors (Lipinski definition) is 1. The second kappa shape index (κ2) is 8.65. The van der Waals surface area contributed by atoms with Crippen LogP contribution in [-0.4, -0.2) is 52.9 Å². The van der Waals surface area contributed by atoms with Crippen LogP contribution in [0.25, 0.3) is 0 Å². The number of thiazole rings is 1. The summed E-state index contributed by atoms with van der Waals surface area (Å²) in [6, 6.07) is 4.52. The van der Waals surface area contributed by atoms with Gasteiger partial charge in [0.15, 0.2) is 5.13 Å². The van der Waals surface area contributed by atoms with Gasteiger partial charge in [-0.2, -0.15) is 0 Å². The second-order valence-corrected chi connectivity index (χ2v) is 8.45. The smallest absolute Gasteiger partial charge is 0.243 e. The molecule has 146 valence electrons. The van der Waals surface area contributed by atoms with Crippen molar-refractivity contribution in [3.05, 3.63) is 45.2 Å².